The predicted octanol–water partition coefficient (Wildman–Crippen LogP) is 6.82. The first-order valence-corrected chi connectivity index (χ1v) is 18.4. The fourth-order valence-corrected chi connectivity index (χ4v) is 7.67. The van der Waals surface area contributed by atoms with Crippen LogP contribution in [0.25, 0.3) is 0 Å². The molecule has 48 heavy (non-hydrogen) atoms. The van der Waals surface area contributed by atoms with Gasteiger partial charge in [0.05, 0.1) is 52.9 Å². The van der Waals surface area contributed by atoms with Crippen molar-refractivity contribution in [2.75, 3.05) is 66.1 Å². The molecule has 0 unspecified atom stereocenters. The van der Waals surface area contributed by atoms with Gasteiger partial charge in [-0.05, 0) is 114 Å². The highest BCUT2D eigenvalue weighted by atomic mass is 127. The SMILES string of the molecule is Oc1c2cc(I)cc1Cc1cccc3c1OCCOCCOCCOCCOCCOc1c(cccc1Cc1cc(I)cc(c1O)C3)C2. The van der Waals surface area contributed by atoms with E-state index in [2.05, 4.69) is 45.2 Å². The van der Waals surface area contributed by atoms with E-state index in [9.17, 15) is 10.2 Å². The van der Waals surface area contributed by atoms with Crippen molar-refractivity contribution in [2.24, 2.45) is 0 Å². The van der Waals surface area contributed by atoms with Gasteiger partial charge in [0.1, 0.15) is 36.2 Å². The molecule has 4 aromatic rings. The van der Waals surface area contributed by atoms with E-state index in [1.54, 1.807) is 0 Å². The molecule has 0 aromatic heterocycles. The molecule has 1 aliphatic carbocycles. The number of phenolic OH excluding ortho intramolecular Hbond substituents is 2. The van der Waals surface area contributed by atoms with Crippen molar-refractivity contribution in [3.63, 3.8) is 0 Å². The van der Waals surface area contributed by atoms with Gasteiger partial charge in [-0.25, -0.2) is 0 Å². The second-order valence-corrected chi connectivity index (χ2v) is 14.3. The monoisotopic (exact) mass is 878 g/mol. The smallest absolute Gasteiger partial charge is 0.126 e. The summed E-state index contributed by atoms with van der Waals surface area (Å²) < 4.78 is 37.9. The number of benzene rings is 4. The van der Waals surface area contributed by atoms with Crippen molar-refractivity contribution >= 4 is 45.2 Å². The molecule has 0 fully saturated rings. The number of halogens is 2. The summed E-state index contributed by atoms with van der Waals surface area (Å²) in [6, 6.07) is 20.3. The molecule has 0 saturated heterocycles. The Hall–Kier alpha value is -2.62. The van der Waals surface area contributed by atoms with Crippen LogP contribution in [0.4, 0.5) is 0 Å². The molecule has 6 rings (SSSR count). The van der Waals surface area contributed by atoms with Crippen LogP contribution in [0.3, 0.4) is 0 Å². The molecule has 8 nitrogen and oxygen atoms in total. The van der Waals surface area contributed by atoms with Gasteiger partial charge in [-0.15, -0.1) is 0 Å². The van der Waals surface area contributed by atoms with Crippen LogP contribution in [0.1, 0.15) is 44.5 Å². The largest absolute Gasteiger partial charge is 0.507 e. The molecule has 0 atom stereocenters. The molecular formula is C38H40I2O8. The third kappa shape index (κ3) is 9.13. The van der Waals surface area contributed by atoms with Crippen molar-refractivity contribution in [3.8, 4) is 23.0 Å². The maximum atomic E-state index is 11.7. The number of aromatic hydroxyl groups is 2. The van der Waals surface area contributed by atoms with E-state index in [1.165, 1.54) is 0 Å². The second-order valence-electron chi connectivity index (χ2n) is 11.8. The van der Waals surface area contributed by atoms with Crippen LogP contribution in [0.2, 0.25) is 0 Å². The van der Waals surface area contributed by atoms with Crippen LogP contribution < -0.4 is 9.47 Å². The van der Waals surface area contributed by atoms with E-state index in [-0.39, 0.29) is 11.5 Å². The fraction of sp³-hybridized carbons (Fsp3) is 0.368. The van der Waals surface area contributed by atoms with Gasteiger partial charge in [0.2, 0.25) is 0 Å². The van der Waals surface area contributed by atoms with E-state index < -0.39 is 0 Å². The molecule has 0 amide bonds. The Morgan fingerprint density at radius 3 is 0.958 bits per heavy atom. The third-order valence-electron chi connectivity index (χ3n) is 8.41. The Balaban J connectivity index is 1.46. The average Bonchev–Trinajstić information content (AvgIpc) is 3.06. The number of fused-ring (bicyclic) bond motifs is 2. The first kappa shape index (κ1) is 35.2. The maximum absolute atomic E-state index is 11.7. The average molecular weight is 879 g/mol. The minimum Gasteiger partial charge on any atom is -0.507 e. The molecule has 254 valence electrons. The summed E-state index contributed by atoms with van der Waals surface area (Å²) in [5, 5.41) is 23.4. The molecule has 10 bridgehead atoms. The second kappa shape index (κ2) is 17.3. The quantitative estimate of drug-likeness (QED) is 0.164. The van der Waals surface area contributed by atoms with E-state index in [4.69, 9.17) is 28.4 Å². The van der Waals surface area contributed by atoms with Crippen LogP contribution in [-0.4, -0.2) is 76.3 Å². The number of ether oxygens (including phenoxy) is 6. The van der Waals surface area contributed by atoms with E-state index in [0.717, 1.165) is 63.1 Å². The summed E-state index contributed by atoms with van der Waals surface area (Å²) in [6.45, 7) is 4.27. The number of phenols is 2. The van der Waals surface area contributed by atoms with Crippen LogP contribution in [0.5, 0.6) is 23.0 Å². The van der Waals surface area contributed by atoms with Crippen LogP contribution in [0, 0.1) is 7.14 Å². The van der Waals surface area contributed by atoms with Gasteiger partial charge in [-0.3, -0.25) is 0 Å². The molecular weight excluding hydrogens is 838 g/mol. The maximum Gasteiger partial charge on any atom is 0.126 e. The molecule has 1 heterocycles. The Labute approximate surface area is 308 Å². The molecule has 10 heteroatoms. The zero-order valence-electron chi connectivity index (χ0n) is 26.8. The van der Waals surface area contributed by atoms with Gasteiger partial charge in [-0.1, -0.05) is 36.4 Å². The van der Waals surface area contributed by atoms with Crippen LogP contribution >= 0.6 is 45.2 Å². The third-order valence-corrected chi connectivity index (χ3v) is 9.65. The first-order chi connectivity index (χ1) is 23.5. The lowest BCUT2D eigenvalue weighted by atomic mass is 9.91. The first-order valence-electron chi connectivity index (χ1n) is 16.2. The Morgan fingerprint density at radius 2 is 0.667 bits per heavy atom. The molecule has 0 saturated carbocycles. The van der Waals surface area contributed by atoms with Gasteiger partial charge in [0.15, 0.2) is 0 Å². The minimum absolute atomic E-state index is 0.268. The molecule has 0 radical (unpaired) electrons. The van der Waals surface area contributed by atoms with E-state index in [0.29, 0.717) is 91.8 Å². The van der Waals surface area contributed by atoms with Gasteiger partial charge < -0.3 is 38.6 Å². The lowest BCUT2D eigenvalue weighted by Gasteiger charge is -2.21. The number of rotatable bonds is 0. The molecule has 2 N–H and O–H groups in total. The summed E-state index contributed by atoms with van der Waals surface area (Å²) in [5.74, 6) is 2.03. The Bertz CT molecular complexity index is 1490. The van der Waals surface area contributed by atoms with Gasteiger partial charge in [0.25, 0.3) is 0 Å². The standard InChI is InChI=1S/C38H40I2O8/c39-33-21-29-17-25-3-1-4-26-18-30-22-34(40)24-32(36(30)42)20-28-6-2-5-27(19-31(23-33)35(29)41)38(28)48-16-14-46-12-10-44-8-7-43-9-11-45-13-15-47-37(25)26/h1-6,21-24,41-42H,7-20H2. The number of para-hydroxylation sites is 2. The van der Waals surface area contributed by atoms with Gasteiger partial charge in [0, 0.05) is 32.8 Å². The van der Waals surface area contributed by atoms with Crippen molar-refractivity contribution < 1.29 is 38.6 Å². The highest BCUT2D eigenvalue weighted by molar-refractivity contribution is 14.1. The molecule has 2 aliphatic rings. The fourth-order valence-electron chi connectivity index (χ4n) is 6.17. The van der Waals surface area contributed by atoms with Crippen molar-refractivity contribution in [1.82, 2.24) is 0 Å². The molecule has 4 aromatic carbocycles. The minimum atomic E-state index is 0.268. The van der Waals surface area contributed by atoms with E-state index >= 15 is 0 Å². The highest BCUT2D eigenvalue weighted by Crippen LogP contribution is 2.39. The zero-order chi connectivity index (χ0) is 33.3. The van der Waals surface area contributed by atoms with Crippen molar-refractivity contribution in [2.45, 2.75) is 25.7 Å². The molecule has 0 spiro atoms. The number of hydrogen-bond acceptors (Lipinski definition) is 8. The lowest BCUT2D eigenvalue weighted by molar-refractivity contribution is -0.00706. The molecule has 1 aliphatic heterocycles. The summed E-state index contributed by atoms with van der Waals surface area (Å²) >= 11 is 4.64. The lowest BCUT2D eigenvalue weighted by Crippen LogP contribution is -2.15. The van der Waals surface area contributed by atoms with Crippen LogP contribution in [-0.2, 0) is 44.6 Å². The summed E-state index contributed by atoms with van der Waals surface area (Å²) in [4.78, 5) is 0. The summed E-state index contributed by atoms with van der Waals surface area (Å²) in [7, 11) is 0. The van der Waals surface area contributed by atoms with E-state index in [1.807, 2.05) is 60.7 Å². The topological polar surface area (TPSA) is 95.8 Å². The zero-order valence-corrected chi connectivity index (χ0v) is 31.1. The normalized spacial score (nSPS) is 16.8. The Morgan fingerprint density at radius 1 is 0.396 bits per heavy atom. The number of hydrogen-bond donors (Lipinski definition) is 2. The highest BCUT2D eigenvalue weighted by Gasteiger charge is 2.21. The van der Waals surface area contributed by atoms with Crippen molar-refractivity contribution in [1.29, 1.82) is 0 Å². The van der Waals surface area contributed by atoms with Gasteiger partial charge >= 0.3 is 0 Å². The summed E-state index contributed by atoms with van der Waals surface area (Å²) in [5.41, 5.74) is 7.08. The van der Waals surface area contributed by atoms with Crippen LogP contribution in [0.15, 0.2) is 60.7 Å². The Kier molecular flexibility index (Phi) is 12.7. The summed E-state index contributed by atoms with van der Waals surface area (Å²) in [6.07, 6.45) is 1.89. The van der Waals surface area contributed by atoms with Gasteiger partial charge in [-0.2, -0.15) is 0 Å². The predicted molar refractivity (Wildman–Crippen MR) is 200 cm³/mol. The van der Waals surface area contributed by atoms with Crippen molar-refractivity contribution in [3.05, 3.63) is 112 Å².